The van der Waals surface area contributed by atoms with E-state index in [0.29, 0.717) is 37.9 Å². The van der Waals surface area contributed by atoms with Crippen LogP contribution in [0.4, 0.5) is 0 Å². The molecule has 22 heavy (non-hydrogen) atoms. The SMILES string of the molecule is Cc1noc(CN2CCN(C(=O)[C@@H]3CC[C@H](CN)O3)CC2)n1. The standard InChI is InChI=1S/C14H23N5O3/c1-10-16-13(22-17-10)9-18-4-6-19(7-5-18)14(20)12-3-2-11(8-15)21-12/h11-12H,2-9,15H2,1H3/t11-,12+/m1/s1. The third kappa shape index (κ3) is 3.45. The molecule has 2 saturated heterocycles. The average Bonchev–Trinajstić information content (AvgIpc) is 3.16. The van der Waals surface area contributed by atoms with E-state index in [1.165, 1.54) is 0 Å². The van der Waals surface area contributed by atoms with E-state index in [1.54, 1.807) is 6.92 Å². The van der Waals surface area contributed by atoms with E-state index < -0.39 is 0 Å². The van der Waals surface area contributed by atoms with E-state index in [2.05, 4.69) is 15.0 Å². The van der Waals surface area contributed by atoms with E-state index in [9.17, 15) is 4.79 Å². The van der Waals surface area contributed by atoms with Gasteiger partial charge in [0.25, 0.3) is 5.91 Å². The third-order valence-corrected chi connectivity index (χ3v) is 4.26. The Morgan fingerprint density at radius 2 is 2.09 bits per heavy atom. The summed E-state index contributed by atoms with van der Waals surface area (Å²) in [6.07, 6.45) is 1.39. The highest BCUT2D eigenvalue weighted by Crippen LogP contribution is 2.21. The van der Waals surface area contributed by atoms with Crippen LogP contribution >= 0.6 is 0 Å². The number of nitrogens with zero attached hydrogens (tertiary/aromatic N) is 4. The summed E-state index contributed by atoms with van der Waals surface area (Å²) >= 11 is 0. The zero-order chi connectivity index (χ0) is 15.5. The number of carbonyl (C=O) groups excluding carboxylic acids is 1. The van der Waals surface area contributed by atoms with E-state index in [0.717, 1.165) is 25.9 Å². The lowest BCUT2D eigenvalue weighted by atomic mass is 10.1. The lowest BCUT2D eigenvalue weighted by Crippen LogP contribution is -2.51. The third-order valence-electron chi connectivity index (χ3n) is 4.26. The van der Waals surface area contributed by atoms with E-state index in [1.807, 2.05) is 4.90 Å². The Morgan fingerprint density at radius 3 is 2.68 bits per heavy atom. The van der Waals surface area contributed by atoms with E-state index in [4.69, 9.17) is 15.0 Å². The second kappa shape index (κ2) is 6.72. The molecule has 8 heteroatoms. The number of ether oxygens (including phenoxy) is 1. The Morgan fingerprint density at radius 1 is 1.32 bits per heavy atom. The van der Waals surface area contributed by atoms with Crippen LogP contribution in [0.3, 0.4) is 0 Å². The van der Waals surface area contributed by atoms with Crippen molar-refractivity contribution >= 4 is 5.91 Å². The number of piperazine rings is 1. The van der Waals surface area contributed by atoms with Crippen molar-refractivity contribution in [2.45, 2.75) is 38.5 Å². The van der Waals surface area contributed by atoms with Gasteiger partial charge in [-0.15, -0.1) is 0 Å². The smallest absolute Gasteiger partial charge is 0.251 e. The Kier molecular flexibility index (Phi) is 4.70. The normalized spacial score (nSPS) is 26.5. The molecule has 2 fully saturated rings. The largest absolute Gasteiger partial charge is 0.364 e. The van der Waals surface area contributed by atoms with E-state index in [-0.39, 0.29) is 18.1 Å². The van der Waals surface area contributed by atoms with Gasteiger partial charge in [0.2, 0.25) is 5.89 Å². The zero-order valence-electron chi connectivity index (χ0n) is 12.9. The predicted octanol–water partition coefficient (Wildman–Crippen LogP) is -0.471. The Hall–Kier alpha value is -1.51. The number of aryl methyl sites for hydroxylation is 1. The Labute approximate surface area is 129 Å². The minimum absolute atomic E-state index is 0.0380. The molecule has 0 radical (unpaired) electrons. The molecule has 1 aromatic rings. The molecule has 0 spiro atoms. The van der Waals surface area contributed by atoms with Crippen LogP contribution in [0.15, 0.2) is 4.52 Å². The number of hydrogen-bond donors (Lipinski definition) is 1. The Balaban J connectivity index is 1.46. The van der Waals surface area contributed by atoms with Crippen LogP contribution in [-0.4, -0.2) is 70.8 Å². The van der Waals surface area contributed by atoms with Crippen molar-refractivity contribution in [1.29, 1.82) is 0 Å². The van der Waals surface area contributed by atoms with Gasteiger partial charge >= 0.3 is 0 Å². The fourth-order valence-corrected chi connectivity index (χ4v) is 2.99. The predicted molar refractivity (Wildman–Crippen MR) is 77.8 cm³/mol. The molecule has 122 valence electrons. The number of nitrogens with two attached hydrogens (primary N) is 1. The van der Waals surface area contributed by atoms with Crippen LogP contribution in [0.1, 0.15) is 24.6 Å². The van der Waals surface area contributed by atoms with Gasteiger partial charge in [0.15, 0.2) is 5.82 Å². The number of hydrogen-bond acceptors (Lipinski definition) is 7. The van der Waals surface area contributed by atoms with Gasteiger partial charge < -0.3 is 19.9 Å². The summed E-state index contributed by atoms with van der Waals surface area (Å²) in [4.78, 5) is 20.7. The van der Waals surface area contributed by atoms with E-state index >= 15 is 0 Å². The maximum atomic E-state index is 12.4. The van der Waals surface area contributed by atoms with Crippen LogP contribution in [0.2, 0.25) is 0 Å². The van der Waals surface area contributed by atoms with Crippen LogP contribution < -0.4 is 5.73 Å². The van der Waals surface area contributed by atoms with Crippen molar-refractivity contribution in [3.63, 3.8) is 0 Å². The summed E-state index contributed by atoms with van der Waals surface area (Å²) in [5.74, 6) is 1.38. The lowest BCUT2D eigenvalue weighted by molar-refractivity contribution is -0.144. The first-order valence-corrected chi connectivity index (χ1v) is 7.81. The van der Waals surface area contributed by atoms with Crippen LogP contribution in [0.5, 0.6) is 0 Å². The first-order valence-electron chi connectivity index (χ1n) is 7.81. The highest BCUT2D eigenvalue weighted by atomic mass is 16.5. The molecule has 8 nitrogen and oxygen atoms in total. The van der Waals surface area contributed by atoms with Crippen molar-refractivity contribution in [2.24, 2.45) is 5.73 Å². The highest BCUT2D eigenvalue weighted by Gasteiger charge is 2.34. The summed E-state index contributed by atoms with van der Waals surface area (Å²) in [5.41, 5.74) is 5.59. The van der Waals surface area contributed by atoms with Gasteiger partial charge in [-0.3, -0.25) is 9.69 Å². The average molecular weight is 309 g/mol. The molecule has 1 aromatic heterocycles. The first-order chi connectivity index (χ1) is 10.7. The molecule has 0 saturated carbocycles. The van der Waals surface area contributed by atoms with Crippen LogP contribution in [0, 0.1) is 6.92 Å². The fourth-order valence-electron chi connectivity index (χ4n) is 2.99. The molecule has 0 unspecified atom stereocenters. The molecule has 2 atom stereocenters. The van der Waals surface area contributed by atoms with Crippen molar-refractivity contribution in [3.05, 3.63) is 11.7 Å². The topological polar surface area (TPSA) is 97.7 Å². The van der Waals surface area contributed by atoms with Gasteiger partial charge in [0, 0.05) is 32.7 Å². The summed E-state index contributed by atoms with van der Waals surface area (Å²) in [7, 11) is 0. The minimum Gasteiger partial charge on any atom is -0.364 e. The maximum absolute atomic E-state index is 12.4. The summed E-state index contributed by atoms with van der Waals surface area (Å²) in [6.45, 7) is 5.96. The van der Waals surface area contributed by atoms with Gasteiger partial charge in [0.1, 0.15) is 6.10 Å². The second-order valence-corrected chi connectivity index (χ2v) is 5.90. The van der Waals surface area contributed by atoms with Crippen molar-refractivity contribution in [1.82, 2.24) is 19.9 Å². The molecule has 3 rings (SSSR count). The minimum atomic E-state index is -0.307. The molecule has 3 heterocycles. The number of carbonyl (C=O) groups is 1. The summed E-state index contributed by atoms with van der Waals surface area (Å²) < 4.78 is 10.8. The zero-order valence-corrected chi connectivity index (χ0v) is 12.9. The molecule has 0 bridgehead atoms. The van der Waals surface area contributed by atoms with Gasteiger partial charge in [-0.25, -0.2) is 0 Å². The molecular formula is C14H23N5O3. The van der Waals surface area contributed by atoms with Gasteiger partial charge in [-0.1, -0.05) is 5.16 Å². The summed E-state index contributed by atoms with van der Waals surface area (Å²) in [5, 5.41) is 3.79. The number of rotatable bonds is 4. The quantitative estimate of drug-likeness (QED) is 0.803. The summed E-state index contributed by atoms with van der Waals surface area (Å²) in [6, 6.07) is 0. The molecule has 2 aliphatic rings. The van der Waals surface area contributed by atoms with Gasteiger partial charge in [0.05, 0.1) is 12.6 Å². The number of amides is 1. The molecule has 2 aliphatic heterocycles. The number of aromatic nitrogens is 2. The molecule has 0 aromatic carbocycles. The van der Waals surface area contributed by atoms with Crippen molar-refractivity contribution < 1.29 is 14.1 Å². The highest BCUT2D eigenvalue weighted by molar-refractivity contribution is 5.81. The first kappa shape index (κ1) is 15.4. The van der Waals surface area contributed by atoms with Crippen molar-refractivity contribution in [2.75, 3.05) is 32.7 Å². The molecule has 2 N–H and O–H groups in total. The monoisotopic (exact) mass is 309 g/mol. The Bertz CT molecular complexity index is 512. The van der Waals surface area contributed by atoms with Crippen LogP contribution in [0.25, 0.3) is 0 Å². The van der Waals surface area contributed by atoms with Crippen LogP contribution in [-0.2, 0) is 16.1 Å². The fraction of sp³-hybridized carbons (Fsp3) is 0.786. The van der Waals surface area contributed by atoms with Gasteiger partial charge in [-0.05, 0) is 19.8 Å². The van der Waals surface area contributed by atoms with Crippen molar-refractivity contribution in [3.8, 4) is 0 Å². The maximum Gasteiger partial charge on any atom is 0.251 e. The second-order valence-electron chi connectivity index (χ2n) is 5.90. The van der Waals surface area contributed by atoms with Gasteiger partial charge in [-0.2, -0.15) is 4.98 Å². The molecule has 0 aliphatic carbocycles. The lowest BCUT2D eigenvalue weighted by Gasteiger charge is -2.35. The molecular weight excluding hydrogens is 286 g/mol. The molecule has 1 amide bonds.